The van der Waals surface area contributed by atoms with Crippen molar-refractivity contribution in [2.24, 2.45) is 0 Å². The summed E-state index contributed by atoms with van der Waals surface area (Å²) in [4.78, 5) is 4.16. The molecule has 1 aliphatic heterocycles. The molecule has 1 saturated heterocycles. The summed E-state index contributed by atoms with van der Waals surface area (Å²) in [7, 11) is 0. The van der Waals surface area contributed by atoms with Crippen molar-refractivity contribution < 1.29 is 0 Å². The van der Waals surface area contributed by atoms with Crippen molar-refractivity contribution in [3.05, 3.63) is 18.7 Å². The third-order valence-electron chi connectivity index (χ3n) is 3.16. The molecule has 4 heteroatoms. The summed E-state index contributed by atoms with van der Waals surface area (Å²) < 4.78 is 2.66. The number of unbranched alkanes of at least 4 members (excludes halogenated alkanes) is 2. The average Bonchev–Trinajstić information content (AvgIpc) is 2.83. The molecule has 2 nitrogen and oxygen atoms in total. The summed E-state index contributed by atoms with van der Waals surface area (Å²) in [5.74, 6) is 2.65. The molecule has 0 atom stereocenters. The molecule has 0 saturated carbocycles. The highest BCUT2D eigenvalue weighted by molar-refractivity contribution is 8.18. The fourth-order valence-corrected chi connectivity index (χ4v) is 5.63. The number of hydrogen-bond donors (Lipinski definition) is 0. The lowest BCUT2D eigenvalue weighted by atomic mass is 10.1. The second-order valence-electron chi connectivity index (χ2n) is 4.65. The first kappa shape index (κ1) is 13.3. The summed E-state index contributed by atoms with van der Waals surface area (Å²) in [6, 6.07) is 0. The molecule has 0 aliphatic carbocycles. The lowest BCUT2D eigenvalue weighted by Gasteiger charge is -2.36. The van der Waals surface area contributed by atoms with Crippen molar-refractivity contribution in [2.75, 3.05) is 11.5 Å². The quantitative estimate of drug-likeness (QED) is 0.727. The number of aromatic nitrogens is 2. The fraction of sp³-hybridized carbons (Fsp3) is 0.769. The van der Waals surface area contributed by atoms with E-state index in [0.29, 0.717) is 4.08 Å². The van der Waals surface area contributed by atoms with Crippen LogP contribution in [0.25, 0.3) is 0 Å². The standard InChI is InChI=1S/C13H22N2S2/c1-2-3-4-6-13(16-9-5-10-17-13)11-15-8-7-14-12-15/h7-8,12H,2-6,9-11H2,1H3. The minimum atomic E-state index is 0.411. The van der Waals surface area contributed by atoms with Crippen LogP contribution in [0.2, 0.25) is 0 Å². The third kappa shape index (κ3) is 3.95. The molecule has 0 aromatic carbocycles. The molecule has 1 aromatic rings. The molecule has 17 heavy (non-hydrogen) atoms. The highest BCUT2D eigenvalue weighted by atomic mass is 32.2. The largest absolute Gasteiger partial charge is 0.335 e. The second-order valence-corrected chi connectivity index (χ2v) is 7.87. The maximum atomic E-state index is 4.16. The van der Waals surface area contributed by atoms with Crippen molar-refractivity contribution in [1.82, 2.24) is 9.55 Å². The van der Waals surface area contributed by atoms with Crippen LogP contribution in [0.3, 0.4) is 0 Å². The molecule has 0 radical (unpaired) electrons. The van der Waals surface area contributed by atoms with E-state index >= 15 is 0 Å². The number of hydrogen-bond acceptors (Lipinski definition) is 3. The Hall–Kier alpha value is -0.0900. The predicted octanol–water partition coefficient (Wildman–Crippen LogP) is 4.03. The average molecular weight is 270 g/mol. The van der Waals surface area contributed by atoms with Crippen molar-refractivity contribution in [1.29, 1.82) is 0 Å². The second kappa shape index (κ2) is 6.74. The molecular weight excluding hydrogens is 248 g/mol. The minimum absolute atomic E-state index is 0.411. The Morgan fingerprint density at radius 3 is 2.76 bits per heavy atom. The highest BCUT2D eigenvalue weighted by Gasteiger charge is 2.33. The molecule has 0 unspecified atom stereocenters. The normalized spacial score (nSPS) is 19.4. The van der Waals surface area contributed by atoms with Crippen LogP contribution in [-0.2, 0) is 6.54 Å². The van der Waals surface area contributed by atoms with Crippen LogP contribution in [0.5, 0.6) is 0 Å². The minimum Gasteiger partial charge on any atom is -0.335 e. The smallest absolute Gasteiger partial charge is 0.0946 e. The highest BCUT2D eigenvalue weighted by Crippen LogP contribution is 2.46. The van der Waals surface area contributed by atoms with Crippen LogP contribution >= 0.6 is 23.5 Å². The van der Waals surface area contributed by atoms with E-state index in [9.17, 15) is 0 Å². The van der Waals surface area contributed by atoms with E-state index in [0.717, 1.165) is 6.54 Å². The van der Waals surface area contributed by atoms with Gasteiger partial charge in [0.15, 0.2) is 0 Å². The van der Waals surface area contributed by atoms with Gasteiger partial charge in [-0.25, -0.2) is 4.98 Å². The first-order valence-corrected chi connectivity index (χ1v) is 8.55. The van der Waals surface area contributed by atoms with Gasteiger partial charge in [-0.2, -0.15) is 0 Å². The van der Waals surface area contributed by atoms with Crippen molar-refractivity contribution in [2.45, 2.75) is 49.7 Å². The van der Waals surface area contributed by atoms with E-state index in [1.54, 1.807) is 0 Å². The van der Waals surface area contributed by atoms with Gasteiger partial charge < -0.3 is 4.57 Å². The molecule has 1 fully saturated rings. The van der Waals surface area contributed by atoms with Crippen LogP contribution in [-0.4, -0.2) is 25.1 Å². The lowest BCUT2D eigenvalue weighted by molar-refractivity contribution is 0.549. The summed E-state index contributed by atoms with van der Waals surface area (Å²) >= 11 is 4.35. The van der Waals surface area contributed by atoms with E-state index in [-0.39, 0.29) is 0 Å². The summed E-state index contributed by atoms with van der Waals surface area (Å²) in [5.41, 5.74) is 0. The van der Waals surface area contributed by atoms with Crippen LogP contribution in [0.4, 0.5) is 0 Å². The zero-order valence-corrected chi connectivity index (χ0v) is 12.2. The molecule has 0 amide bonds. The molecule has 0 spiro atoms. The molecule has 1 aliphatic rings. The summed E-state index contributed by atoms with van der Waals surface area (Å²) in [6.45, 7) is 3.40. The van der Waals surface area contributed by atoms with Gasteiger partial charge in [0.05, 0.1) is 10.4 Å². The van der Waals surface area contributed by atoms with Crippen LogP contribution in [0.1, 0.15) is 39.0 Å². The lowest BCUT2D eigenvalue weighted by Crippen LogP contribution is -2.30. The van der Waals surface area contributed by atoms with E-state index in [4.69, 9.17) is 0 Å². The number of imidazole rings is 1. The van der Waals surface area contributed by atoms with Gasteiger partial charge in [-0.3, -0.25) is 0 Å². The Kier molecular flexibility index (Phi) is 5.29. The topological polar surface area (TPSA) is 17.8 Å². The van der Waals surface area contributed by atoms with E-state index < -0.39 is 0 Å². The van der Waals surface area contributed by atoms with Crippen molar-refractivity contribution in [3.63, 3.8) is 0 Å². The molecular formula is C13H22N2S2. The van der Waals surface area contributed by atoms with E-state index in [1.165, 1.54) is 43.6 Å². The van der Waals surface area contributed by atoms with Gasteiger partial charge in [-0.1, -0.05) is 26.2 Å². The van der Waals surface area contributed by atoms with E-state index in [2.05, 4.69) is 46.2 Å². The Bertz CT molecular complexity index is 305. The van der Waals surface area contributed by atoms with Crippen LogP contribution < -0.4 is 0 Å². The molecule has 2 rings (SSSR count). The van der Waals surface area contributed by atoms with Gasteiger partial charge in [0, 0.05) is 18.9 Å². The summed E-state index contributed by atoms with van der Waals surface area (Å²) in [6.07, 6.45) is 12.7. The summed E-state index contributed by atoms with van der Waals surface area (Å²) in [5, 5.41) is 0. The first-order chi connectivity index (χ1) is 8.35. The van der Waals surface area contributed by atoms with Gasteiger partial charge in [-0.15, -0.1) is 23.5 Å². The Balaban J connectivity index is 1.95. The van der Waals surface area contributed by atoms with Crippen molar-refractivity contribution >= 4 is 23.5 Å². The molecule has 0 N–H and O–H groups in total. The monoisotopic (exact) mass is 270 g/mol. The Labute approximate surface area is 113 Å². The van der Waals surface area contributed by atoms with Gasteiger partial charge in [0.25, 0.3) is 0 Å². The third-order valence-corrected chi connectivity index (χ3v) is 6.57. The van der Waals surface area contributed by atoms with Gasteiger partial charge in [0.1, 0.15) is 0 Å². The van der Waals surface area contributed by atoms with Gasteiger partial charge in [-0.05, 0) is 24.3 Å². The first-order valence-electron chi connectivity index (χ1n) is 6.58. The Morgan fingerprint density at radius 2 is 2.12 bits per heavy atom. The predicted molar refractivity (Wildman–Crippen MR) is 78.6 cm³/mol. The maximum Gasteiger partial charge on any atom is 0.0946 e. The number of nitrogens with zero attached hydrogens (tertiary/aromatic N) is 2. The molecule has 2 heterocycles. The maximum absolute atomic E-state index is 4.16. The number of rotatable bonds is 6. The molecule has 96 valence electrons. The van der Waals surface area contributed by atoms with Gasteiger partial charge in [0.2, 0.25) is 0 Å². The Morgan fingerprint density at radius 1 is 1.29 bits per heavy atom. The SMILES string of the molecule is CCCCCC1(Cn2ccnc2)SCCCS1. The zero-order valence-electron chi connectivity index (χ0n) is 10.6. The van der Waals surface area contributed by atoms with E-state index in [1.807, 2.05) is 12.5 Å². The van der Waals surface area contributed by atoms with Gasteiger partial charge >= 0.3 is 0 Å². The van der Waals surface area contributed by atoms with Crippen LogP contribution in [0, 0.1) is 0 Å². The fourth-order valence-electron chi connectivity index (χ4n) is 2.23. The molecule has 0 bridgehead atoms. The van der Waals surface area contributed by atoms with Crippen LogP contribution in [0.15, 0.2) is 18.7 Å². The molecule has 1 aromatic heterocycles. The zero-order chi connectivity index (χ0) is 12.0. The number of thioether (sulfide) groups is 2. The van der Waals surface area contributed by atoms with Crippen molar-refractivity contribution in [3.8, 4) is 0 Å².